The molecule has 0 bridgehead atoms. The van der Waals surface area contributed by atoms with Crippen molar-refractivity contribution in [2.45, 2.75) is 19.9 Å². The number of hydrogen-bond acceptors (Lipinski definition) is 4. The van der Waals surface area contributed by atoms with Crippen LogP contribution in [-0.2, 0) is 11.3 Å². The summed E-state index contributed by atoms with van der Waals surface area (Å²) >= 11 is 1.77. The zero-order valence-electron chi connectivity index (χ0n) is 10.8. The van der Waals surface area contributed by atoms with Gasteiger partial charge in [-0.2, -0.15) is 0 Å². The van der Waals surface area contributed by atoms with Crippen molar-refractivity contribution in [2.75, 3.05) is 25.6 Å². The Morgan fingerprint density at radius 2 is 2.39 bits per heavy atom. The Labute approximate surface area is 112 Å². The van der Waals surface area contributed by atoms with Gasteiger partial charge in [-0.15, -0.1) is 11.3 Å². The second kappa shape index (κ2) is 6.56. The molecule has 1 N–H and O–H groups in total. The molecule has 0 aliphatic rings. The van der Waals surface area contributed by atoms with Gasteiger partial charge in [0.15, 0.2) is 0 Å². The number of nitrogens with zero attached hydrogens (tertiary/aromatic N) is 2. The summed E-state index contributed by atoms with van der Waals surface area (Å²) in [6, 6.07) is 4.23. The minimum Gasteiger partial charge on any atom is -0.385 e. The molecule has 0 atom stereocenters. The van der Waals surface area contributed by atoms with Crippen LogP contribution >= 0.6 is 11.3 Å². The molecule has 0 spiro atoms. The van der Waals surface area contributed by atoms with Crippen molar-refractivity contribution in [1.82, 2.24) is 9.55 Å². The van der Waals surface area contributed by atoms with Crippen LogP contribution in [0.4, 0.5) is 5.95 Å². The van der Waals surface area contributed by atoms with Crippen molar-refractivity contribution in [1.29, 1.82) is 0 Å². The van der Waals surface area contributed by atoms with E-state index in [1.165, 1.54) is 4.88 Å². The average molecular weight is 265 g/mol. The number of anilines is 1. The fourth-order valence-corrected chi connectivity index (χ4v) is 2.50. The lowest BCUT2D eigenvalue weighted by Gasteiger charge is -2.08. The zero-order chi connectivity index (χ0) is 12.8. The van der Waals surface area contributed by atoms with Gasteiger partial charge in [0.2, 0.25) is 5.95 Å². The van der Waals surface area contributed by atoms with E-state index in [-0.39, 0.29) is 0 Å². The maximum absolute atomic E-state index is 5.03. The van der Waals surface area contributed by atoms with Crippen LogP contribution in [0.3, 0.4) is 0 Å². The third kappa shape index (κ3) is 3.58. The number of methoxy groups -OCH3 is 1. The predicted octanol–water partition coefficient (Wildman–Crippen LogP) is 2.75. The van der Waals surface area contributed by atoms with Gasteiger partial charge in [0, 0.05) is 31.3 Å². The first-order chi connectivity index (χ1) is 8.79. The number of ether oxygens (including phenoxy) is 1. The minimum atomic E-state index is 0.775. The molecule has 0 unspecified atom stereocenters. The highest BCUT2D eigenvalue weighted by Crippen LogP contribution is 2.15. The zero-order valence-corrected chi connectivity index (χ0v) is 11.7. The van der Waals surface area contributed by atoms with Gasteiger partial charge >= 0.3 is 0 Å². The molecule has 98 valence electrons. The van der Waals surface area contributed by atoms with E-state index in [4.69, 9.17) is 4.74 Å². The Kier molecular flexibility index (Phi) is 4.78. The number of nitrogens with one attached hydrogen (secondary N) is 1. The number of rotatable bonds is 7. The van der Waals surface area contributed by atoms with Crippen LogP contribution in [0.2, 0.25) is 0 Å². The van der Waals surface area contributed by atoms with Gasteiger partial charge in [-0.25, -0.2) is 4.98 Å². The largest absolute Gasteiger partial charge is 0.385 e. The lowest BCUT2D eigenvalue weighted by Crippen LogP contribution is -2.10. The molecule has 0 saturated carbocycles. The lowest BCUT2D eigenvalue weighted by molar-refractivity contribution is 0.197. The molecule has 0 fully saturated rings. The topological polar surface area (TPSA) is 39.1 Å². The van der Waals surface area contributed by atoms with Crippen molar-refractivity contribution >= 4 is 17.3 Å². The van der Waals surface area contributed by atoms with E-state index in [1.807, 2.05) is 6.92 Å². The Hall–Kier alpha value is -1.33. The average Bonchev–Trinajstić information content (AvgIpc) is 2.96. The maximum atomic E-state index is 5.03. The monoisotopic (exact) mass is 265 g/mol. The van der Waals surface area contributed by atoms with Crippen LogP contribution in [0.25, 0.3) is 0 Å². The number of aryl methyl sites for hydroxylation is 1. The van der Waals surface area contributed by atoms with Crippen molar-refractivity contribution in [3.05, 3.63) is 34.3 Å². The van der Waals surface area contributed by atoms with E-state index in [0.717, 1.165) is 37.8 Å². The molecular formula is C13H19N3OS. The van der Waals surface area contributed by atoms with Crippen LogP contribution in [0.1, 0.15) is 17.0 Å². The second-order valence-corrected chi connectivity index (χ2v) is 5.22. The Morgan fingerprint density at radius 3 is 3.11 bits per heavy atom. The summed E-state index contributed by atoms with van der Waals surface area (Å²) in [5.74, 6) is 0.942. The van der Waals surface area contributed by atoms with Gasteiger partial charge in [0.05, 0.1) is 12.2 Å². The van der Waals surface area contributed by atoms with E-state index in [1.54, 1.807) is 18.4 Å². The maximum Gasteiger partial charge on any atom is 0.203 e. The molecule has 0 saturated heterocycles. The highest BCUT2D eigenvalue weighted by atomic mass is 32.1. The summed E-state index contributed by atoms with van der Waals surface area (Å²) < 4.78 is 7.20. The first kappa shape index (κ1) is 13.1. The van der Waals surface area contributed by atoms with Gasteiger partial charge in [-0.3, -0.25) is 0 Å². The molecular weight excluding hydrogens is 246 g/mol. The first-order valence-electron chi connectivity index (χ1n) is 6.08. The van der Waals surface area contributed by atoms with Crippen LogP contribution < -0.4 is 5.32 Å². The van der Waals surface area contributed by atoms with Gasteiger partial charge in [0.25, 0.3) is 0 Å². The SMILES string of the molecule is COCCCNc1nc(C)cn1Cc1cccs1. The molecule has 0 aromatic carbocycles. The van der Waals surface area contributed by atoms with E-state index in [2.05, 4.69) is 38.6 Å². The van der Waals surface area contributed by atoms with Crippen LogP contribution in [-0.4, -0.2) is 29.8 Å². The summed E-state index contributed by atoms with van der Waals surface area (Å²) in [5.41, 5.74) is 1.04. The summed E-state index contributed by atoms with van der Waals surface area (Å²) in [6.45, 7) is 4.56. The van der Waals surface area contributed by atoms with Crippen LogP contribution in [0, 0.1) is 6.92 Å². The molecule has 0 radical (unpaired) electrons. The van der Waals surface area contributed by atoms with E-state index in [0.29, 0.717) is 0 Å². The normalized spacial score (nSPS) is 10.8. The quantitative estimate of drug-likeness (QED) is 0.782. The van der Waals surface area contributed by atoms with E-state index >= 15 is 0 Å². The second-order valence-electron chi connectivity index (χ2n) is 4.19. The Morgan fingerprint density at radius 1 is 1.50 bits per heavy atom. The van der Waals surface area contributed by atoms with Gasteiger partial charge in [0.1, 0.15) is 0 Å². The number of thiophene rings is 1. The molecule has 0 aliphatic heterocycles. The molecule has 0 aliphatic carbocycles. The minimum absolute atomic E-state index is 0.775. The fourth-order valence-electron chi connectivity index (χ4n) is 1.80. The molecule has 2 aromatic heterocycles. The van der Waals surface area contributed by atoms with Crippen LogP contribution in [0.15, 0.2) is 23.7 Å². The highest BCUT2D eigenvalue weighted by Gasteiger charge is 2.06. The summed E-state index contributed by atoms with van der Waals surface area (Å²) in [5, 5.41) is 5.46. The van der Waals surface area contributed by atoms with Crippen molar-refractivity contribution < 1.29 is 4.74 Å². The predicted molar refractivity (Wildman–Crippen MR) is 75.4 cm³/mol. The van der Waals surface area contributed by atoms with Crippen LogP contribution in [0.5, 0.6) is 0 Å². The fraction of sp³-hybridized carbons (Fsp3) is 0.462. The molecule has 2 heterocycles. The van der Waals surface area contributed by atoms with Gasteiger partial charge < -0.3 is 14.6 Å². The van der Waals surface area contributed by atoms with E-state index < -0.39 is 0 Å². The van der Waals surface area contributed by atoms with E-state index in [9.17, 15) is 0 Å². The number of hydrogen-bond donors (Lipinski definition) is 1. The molecule has 2 aromatic rings. The molecule has 4 nitrogen and oxygen atoms in total. The van der Waals surface area contributed by atoms with Gasteiger partial charge in [-0.1, -0.05) is 6.07 Å². The van der Waals surface area contributed by atoms with Gasteiger partial charge in [-0.05, 0) is 24.8 Å². The Balaban J connectivity index is 1.96. The third-order valence-corrected chi connectivity index (χ3v) is 3.47. The molecule has 2 rings (SSSR count). The number of imidazole rings is 1. The first-order valence-corrected chi connectivity index (χ1v) is 6.96. The summed E-state index contributed by atoms with van der Waals surface area (Å²) in [6.07, 6.45) is 3.07. The standard InChI is InChI=1S/C13H19N3OS/c1-11-9-16(10-12-5-3-8-18-12)13(15-11)14-6-4-7-17-2/h3,5,8-9H,4,6-7,10H2,1-2H3,(H,14,15). The summed E-state index contributed by atoms with van der Waals surface area (Å²) in [7, 11) is 1.72. The lowest BCUT2D eigenvalue weighted by atomic mass is 10.4. The number of aromatic nitrogens is 2. The van der Waals surface area contributed by atoms with Crippen molar-refractivity contribution in [3.8, 4) is 0 Å². The molecule has 5 heteroatoms. The smallest absolute Gasteiger partial charge is 0.203 e. The Bertz CT molecular complexity index is 465. The highest BCUT2D eigenvalue weighted by molar-refractivity contribution is 7.09. The third-order valence-electron chi connectivity index (χ3n) is 2.61. The van der Waals surface area contributed by atoms with Crippen molar-refractivity contribution in [3.63, 3.8) is 0 Å². The molecule has 18 heavy (non-hydrogen) atoms. The molecule has 0 amide bonds. The summed E-state index contributed by atoms with van der Waals surface area (Å²) in [4.78, 5) is 5.84. The van der Waals surface area contributed by atoms with Crippen molar-refractivity contribution in [2.24, 2.45) is 0 Å².